The van der Waals surface area contributed by atoms with Gasteiger partial charge in [-0.1, -0.05) is 43.8 Å². The zero-order valence-corrected chi connectivity index (χ0v) is 9.82. The molecule has 0 amide bonds. The van der Waals surface area contributed by atoms with Crippen molar-refractivity contribution in [3.63, 3.8) is 0 Å². The first-order valence-corrected chi connectivity index (χ1v) is 5.34. The Bertz CT molecular complexity index is 481. The van der Waals surface area contributed by atoms with Crippen LogP contribution in [0.2, 0.25) is 0 Å². The summed E-state index contributed by atoms with van der Waals surface area (Å²) in [5.74, 6) is 0. The summed E-state index contributed by atoms with van der Waals surface area (Å²) in [6.07, 6.45) is 1.00. The Morgan fingerprint density at radius 1 is 1.31 bits per heavy atom. The van der Waals surface area contributed by atoms with Gasteiger partial charge in [0, 0.05) is 11.1 Å². The molecule has 3 nitrogen and oxygen atoms in total. The number of hydrogen-bond donors (Lipinski definition) is 2. The van der Waals surface area contributed by atoms with E-state index in [0.717, 1.165) is 17.6 Å². The number of carbonyl (C=O) groups is 1. The number of pyridine rings is 1. The van der Waals surface area contributed by atoms with Crippen LogP contribution in [0.1, 0.15) is 12.6 Å². The van der Waals surface area contributed by atoms with Crippen LogP contribution in [0.25, 0.3) is 10.9 Å². The number of carboxylic acid groups (broad SMARTS) is 1. The average Bonchev–Trinajstić information content (AvgIpc) is 2.27. The third kappa shape index (κ3) is 3.90. The van der Waals surface area contributed by atoms with Gasteiger partial charge >= 0.3 is 5.30 Å². The Balaban J connectivity index is 0.000000280. The summed E-state index contributed by atoms with van der Waals surface area (Å²) in [6.45, 7) is 2.12. The van der Waals surface area contributed by atoms with E-state index in [1.54, 1.807) is 0 Å². The van der Waals surface area contributed by atoms with Crippen molar-refractivity contribution >= 4 is 28.8 Å². The lowest BCUT2D eigenvalue weighted by atomic mass is 10.2. The van der Waals surface area contributed by atoms with Gasteiger partial charge in [-0.2, -0.15) is 0 Å². The van der Waals surface area contributed by atoms with Crippen molar-refractivity contribution in [2.75, 3.05) is 0 Å². The second kappa shape index (κ2) is 6.12. The lowest BCUT2D eigenvalue weighted by molar-refractivity contribution is 0.222. The molecule has 84 valence electrons. The molecule has 4 heteroatoms. The molecule has 0 aliphatic rings. The first-order valence-electron chi connectivity index (χ1n) is 4.90. The Labute approximate surface area is 99.5 Å². The number of rotatable bonds is 1. The molecular weight excluding hydrogens is 222 g/mol. The smallest absolute Gasteiger partial charge is 0.361 e. The Morgan fingerprint density at radius 2 is 1.94 bits per heavy atom. The molecule has 1 N–H and O–H groups in total. The molecular formula is C12H13NO2S. The minimum absolute atomic E-state index is 1.00. The van der Waals surface area contributed by atoms with Crippen LogP contribution in [0.4, 0.5) is 4.79 Å². The van der Waals surface area contributed by atoms with Crippen LogP contribution in [0.5, 0.6) is 0 Å². The van der Waals surface area contributed by atoms with Gasteiger partial charge in [-0.05, 0) is 18.6 Å². The molecule has 0 saturated heterocycles. The molecule has 2 rings (SSSR count). The number of benzene rings is 1. The molecule has 0 aliphatic heterocycles. The first kappa shape index (κ1) is 12.5. The monoisotopic (exact) mass is 235 g/mol. The van der Waals surface area contributed by atoms with Crippen molar-refractivity contribution in [3.05, 3.63) is 42.1 Å². The molecule has 0 unspecified atom stereocenters. The van der Waals surface area contributed by atoms with Crippen LogP contribution in [0.15, 0.2) is 36.4 Å². The third-order valence-corrected chi connectivity index (χ3v) is 2.02. The van der Waals surface area contributed by atoms with E-state index in [4.69, 9.17) is 9.90 Å². The standard InChI is InChI=1S/C11H11N.CH2O2S/c1-2-10-8-7-9-5-3-4-6-11(9)12-10;2-1(3)4/h3-8H,2H2,1H3;4H,(H,2,3). The fraction of sp³-hybridized carbons (Fsp3) is 0.167. The van der Waals surface area contributed by atoms with Crippen LogP contribution < -0.4 is 0 Å². The second-order valence-corrected chi connectivity index (χ2v) is 3.51. The highest BCUT2D eigenvalue weighted by Gasteiger charge is 1.93. The van der Waals surface area contributed by atoms with Gasteiger partial charge in [0.25, 0.3) is 0 Å². The highest BCUT2D eigenvalue weighted by Crippen LogP contribution is 2.11. The first-order chi connectivity index (χ1) is 7.63. The van der Waals surface area contributed by atoms with E-state index >= 15 is 0 Å². The minimum atomic E-state index is -1.14. The van der Waals surface area contributed by atoms with Crippen molar-refractivity contribution in [1.29, 1.82) is 0 Å². The molecule has 2 aromatic rings. The second-order valence-electron chi connectivity index (χ2n) is 3.13. The van der Waals surface area contributed by atoms with Crippen LogP contribution in [-0.4, -0.2) is 15.4 Å². The van der Waals surface area contributed by atoms with Gasteiger partial charge in [0.15, 0.2) is 0 Å². The highest BCUT2D eigenvalue weighted by molar-refractivity contribution is 7.96. The summed E-state index contributed by atoms with van der Waals surface area (Å²) < 4.78 is 0. The van der Waals surface area contributed by atoms with Gasteiger partial charge < -0.3 is 5.11 Å². The van der Waals surface area contributed by atoms with Crippen LogP contribution in [0.3, 0.4) is 0 Å². The van der Waals surface area contributed by atoms with Gasteiger partial charge in [0.1, 0.15) is 0 Å². The van der Waals surface area contributed by atoms with Gasteiger partial charge in [-0.25, -0.2) is 4.79 Å². The normalized spacial score (nSPS) is 9.38. The number of nitrogens with zero attached hydrogens (tertiary/aromatic N) is 1. The SMILES string of the molecule is CCc1ccc2ccccc2n1.O=C(O)S. The molecule has 0 bridgehead atoms. The maximum atomic E-state index is 8.86. The molecule has 0 saturated carbocycles. The molecule has 0 aliphatic carbocycles. The number of thiol groups is 1. The molecule has 0 atom stereocenters. The van der Waals surface area contributed by atoms with E-state index < -0.39 is 5.30 Å². The molecule has 0 fully saturated rings. The van der Waals surface area contributed by atoms with E-state index in [1.807, 2.05) is 12.1 Å². The zero-order valence-electron chi connectivity index (χ0n) is 8.92. The van der Waals surface area contributed by atoms with E-state index in [2.05, 4.69) is 48.8 Å². The molecule has 16 heavy (non-hydrogen) atoms. The van der Waals surface area contributed by atoms with Gasteiger partial charge in [0.2, 0.25) is 0 Å². The number of fused-ring (bicyclic) bond motifs is 1. The fourth-order valence-electron chi connectivity index (χ4n) is 1.31. The topological polar surface area (TPSA) is 50.2 Å². The summed E-state index contributed by atoms with van der Waals surface area (Å²) in [6, 6.07) is 12.4. The Morgan fingerprint density at radius 3 is 2.56 bits per heavy atom. The quantitative estimate of drug-likeness (QED) is 0.745. The molecule has 1 heterocycles. The van der Waals surface area contributed by atoms with Crippen molar-refractivity contribution in [2.24, 2.45) is 0 Å². The number of aromatic nitrogens is 1. The number of aryl methyl sites for hydroxylation is 1. The maximum absolute atomic E-state index is 8.86. The van der Waals surface area contributed by atoms with Crippen molar-refractivity contribution in [1.82, 2.24) is 4.98 Å². The van der Waals surface area contributed by atoms with Crippen molar-refractivity contribution < 1.29 is 9.90 Å². The predicted octanol–water partition coefficient (Wildman–Crippen LogP) is 3.39. The van der Waals surface area contributed by atoms with Crippen LogP contribution in [-0.2, 0) is 6.42 Å². The van der Waals surface area contributed by atoms with Gasteiger partial charge in [-0.15, -0.1) is 0 Å². The highest BCUT2D eigenvalue weighted by atomic mass is 32.1. The lowest BCUT2D eigenvalue weighted by Crippen LogP contribution is -1.86. The maximum Gasteiger partial charge on any atom is 0.361 e. The zero-order chi connectivity index (χ0) is 12.0. The molecule has 1 aromatic carbocycles. The van der Waals surface area contributed by atoms with Crippen molar-refractivity contribution in [3.8, 4) is 0 Å². The predicted molar refractivity (Wildman–Crippen MR) is 68.1 cm³/mol. The molecule has 0 radical (unpaired) electrons. The number of hydrogen-bond acceptors (Lipinski definition) is 2. The van der Waals surface area contributed by atoms with Gasteiger partial charge in [-0.3, -0.25) is 4.98 Å². The van der Waals surface area contributed by atoms with E-state index in [9.17, 15) is 0 Å². The van der Waals surface area contributed by atoms with E-state index in [1.165, 1.54) is 5.39 Å². The molecule has 1 aromatic heterocycles. The Kier molecular flexibility index (Phi) is 4.79. The third-order valence-electron chi connectivity index (χ3n) is 2.02. The number of para-hydroxylation sites is 1. The van der Waals surface area contributed by atoms with Crippen LogP contribution in [0, 0.1) is 0 Å². The summed E-state index contributed by atoms with van der Waals surface area (Å²) in [7, 11) is 0. The van der Waals surface area contributed by atoms with E-state index in [-0.39, 0.29) is 0 Å². The van der Waals surface area contributed by atoms with Gasteiger partial charge in [0.05, 0.1) is 5.52 Å². The largest absolute Gasteiger partial charge is 0.473 e. The summed E-state index contributed by atoms with van der Waals surface area (Å²) >= 11 is 2.88. The summed E-state index contributed by atoms with van der Waals surface area (Å²) in [5, 5.41) is 7.36. The van der Waals surface area contributed by atoms with Crippen molar-refractivity contribution in [2.45, 2.75) is 13.3 Å². The lowest BCUT2D eigenvalue weighted by Gasteiger charge is -1.98. The fourth-order valence-corrected chi connectivity index (χ4v) is 1.31. The molecule has 0 spiro atoms. The Hall–Kier alpha value is -1.55. The van der Waals surface area contributed by atoms with E-state index in [0.29, 0.717) is 0 Å². The average molecular weight is 235 g/mol. The van der Waals surface area contributed by atoms with Crippen LogP contribution >= 0.6 is 12.6 Å². The summed E-state index contributed by atoms with van der Waals surface area (Å²) in [4.78, 5) is 13.4. The minimum Gasteiger partial charge on any atom is -0.473 e. The summed E-state index contributed by atoms with van der Waals surface area (Å²) in [5.41, 5.74) is 2.26.